The number of hydrogen-bond acceptors (Lipinski definition) is 0. The van der Waals surface area contributed by atoms with Gasteiger partial charge in [-0.25, -0.2) is 8.78 Å². The zero-order valence-corrected chi connectivity index (χ0v) is 9.97. The lowest BCUT2D eigenvalue weighted by Crippen LogP contribution is -1.87. The first-order valence-corrected chi connectivity index (χ1v) is 5.93. The van der Waals surface area contributed by atoms with Crippen LogP contribution >= 0.6 is 15.9 Å². The number of halogens is 3. The van der Waals surface area contributed by atoms with Gasteiger partial charge in [-0.2, -0.15) is 0 Å². The highest BCUT2D eigenvalue weighted by molar-refractivity contribution is 9.08. The molecule has 0 saturated heterocycles. The summed E-state index contributed by atoms with van der Waals surface area (Å²) in [6, 6.07) is 11.1. The molecule has 0 fully saturated rings. The van der Waals surface area contributed by atoms with Crippen LogP contribution in [0.4, 0.5) is 8.78 Å². The molecule has 2 rings (SSSR count). The summed E-state index contributed by atoms with van der Waals surface area (Å²) in [6.45, 7) is 0. The Kier molecular flexibility index (Phi) is 3.34. The maximum atomic E-state index is 13.5. The standard InChI is InChI=1S/C13H9BrF2/c14-8-9-2-1-3-10(6-9)12-5-4-11(15)7-13(12)16/h1-7H,8H2. The van der Waals surface area contributed by atoms with Crippen LogP contribution in [-0.4, -0.2) is 0 Å². The Bertz CT molecular complexity index is 509. The zero-order chi connectivity index (χ0) is 11.5. The second-order valence-corrected chi connectivity index (χ2v) is 4.02. The molecular weight excluding hydrogens is 274 g/mol. The Morgan fingerprint density at radius 2 is 1.81 bits per heavy atom. The second kappa shape index (κ2) is 4.74. The fraction of sp³-hybridized carbons (Fsp3) is 0.0769. The quantitative estimate of drug-likeness (QED) is 0.710. The molecule has 0 amide bonds. The monoisotopic (exact) mass is 282 g/mol. The molecule has 0 aliphatic rings. The van der Waals surface area contributed by atoms with E-state index in [-0.39, 0.29) is 0 Å². The van der Waals surface area contributed by atoms with Gasteiger partial charge in [-0.3, -0.25) is 0 Å². The number of benzene rings is 2. The predicted octanol–water partition coefficient (Wildman–Crippen LogP) is 4.53. The lowest BCUT2D eigenvalue weighted by Gasteiger charge is -2.05. The van der Waals surface area contributed by atoms with Crippen LogP contribution in [0.3, 0.4) is 0 Å². The maximum Gasteiger partial charge on any atom is 0.133 e. The van der Waals surface area contributed by atoms with Gasteiger partial charge >= 0.3 is 0 Å². The molecule has 0 bridgehead atoms. The molecule has 0 atom stereocenters. The fourth-order valence-corrected chi connectivity index (χ4v) is 1.89. The molecule has 0 radical (unpaired) electrons. The smallest absolute Gasteiger partial charge is 0.133 e. The summed E-state index contributed by atoms with van der Waals surface area (Å²) < 4.78 is 26.3. The third-order valence-electron chi connectivity index (χ3n) is 2.32. The first-order chi connectivity index (χ1) is 7.70. The first-order valence-electron chi connectivity index (χ1n) is 4.81. The van der Waals surface area contributed by atoms with Gasteiger partial charge in [0.1, 0.15) is 11.6 Å². The molecule has 16 heavy (non-hydrogen) atoms. The van der Waals surface area contributed by atoms with Gasteiger partial charge in [0.05, 0.1) is 0 Å². The molecular formula is C13H9BrF2. The molecule has 0 aliphatic carbocycles. The topological polar surface area (TPSA) is 0 Å². The van der Waals surface area contributed by atoms with Crippen molar-refractivity contribution >= 4 is 15.9 Å². The molecule has 3 heteroatoms. The second-order valence-electron chi connectivity index (χ2n) is 3.46. The summed E-state index contributed by atoms with van der Waals surface area (Å²) in [6.07, 6.45) is 0. The van der Waals surface area contributed by atoms with Crippen LogP contribution < -0.4 is 0 Å². The van der Waals surface area contributed by atoms with Crippen molar-refractivity contribution in [3.8, 4) is 11.1 Å². The normalized spacial score (nSPS) is 10.4. The summed E-state index contributed by atoms with van der Waals surface area (Å²) in [5.74, 6) is -1.09. The summed E-state index contributed by atoms with van der Waals surface area (Å²) >= 11 is 3.34. The van der Waals surface area contributed by atoms with Crippen molar-refractivity contribution in [3.63, 3.8) is 0 Å². The van der Waals surface area contributed by atoms with Gasteiger partial charge in [-0.1, -0.05) is 40.2 Å². The van der Waals surface area contributed by atoms with E-state index < -0.39 is 11.6 Å². The Morgan fingerprint density at radius 1 is 1.00 bits per heavy atom. The average molecular weight is 283 g/mol. The van der Waals surface area contributed by atoms with Crippen LogP contribution in [0.1, 0.15) is 5.56 Å². The molecule has 0 N–H and O–H groups in total. The molecule has 0 unspecified atom stereocenters. The van der Waals surface area contributed by atoms with E-state index in [1.165, 1.54) is 12.1 Å². The molecule has 0 aromatic heterocycles. The molecule has 2 aromatic rings. The van der Waals surface area contributed by atoms with Crippen molar-refractivity contribution in [1.29, 1.82) is 0 Å². The van der Waals surface area contributed by atoms with Crippen molar-refractivity contribution in [1.82, 2.24) is 0 Å². The summed E-state index contributed by atoms with van der Waals surface area (Å²) in [5.41, 5.74) is 2.24. The van der Waals surface area contributed by atoms with E-state index in [0.717, 1.165) is 17.2 Å². The van der Waals surface area contributed by atoms with E-state index >= 15 is 0 Å². The minimum absolute atomic E-state index is 0.421. The average Bonchev–Trinajstić information content (AvgIpc) is 2.29. The minimum atomic E-state index is -0.558. The summed E-state index contributed by atoms with van der Waals surface area (Å²) in [7, 11) is 0. The van der Waals surface area contributed by atoms with E-state index in [9.17, 15) is 8.78 Å². The van der Waals surface area contributed by atoms with Crippen molar-refractivity contribution < 1.29 is 8.78 Å². The van der Waals surface area contributed by atoms with Crippen LogP contribution in [-0.2, 0) is 5.33 Å². The zero-order valence-electron chi connectivity index (χ0n) is 8.38. The number of alkyl halides is 1. The van der Waals surface area contributed by atoms with Gasteiger partial charge in [0.15, 0.2) is 0 Å². The van der Waals surface area contributed by atoms with Gasteiger partial charge in [-0.15, -0.1) is 0 Å². The third-order valence-corrected chi connectivity index (χ3v) is 2.97. The van der Waals surface area contributed by atoms with E-state index in [2.05, 4.69) is 15.9 Å². The Hall–Kier alpha value is -1.22. The Morgan fingerprint density at radius 3 is 2.50 bits per heavy atom. The molecule has 0 heterocycles. The number of rotatable bonds is 2. The molecule has 0 saturated carbocycles. The van der Waals surface area contributed by atoms with E-state index in [0.29, 0.717) is 10.9 Å². The van der Waals surface area contributed by atoms with Gasteiger partial charge in [0, 0.05) is 17.0 Å². The predicted molar refractivity (Wildman–Crippen MR) is 64.4 cm³/mol. The van der Waals surface area contributed by atoms with Crippen molar-refractivity contribution in [2.75, 3.05) is 0 Å². The summed E-state index contributed by atoms with van der Waals surface area (Å²) in [5, 5.41) is 0.712. The molecule has 2 aromatic carbocycles. The fourth-order valence-electron chi connectivity index (χ4n) is 1.55. The van der Waals surface area contributed by atoms with Gasteiger partial charge < -0.3 is 0 Å². The Balaban J connectivity index is 2.49. The van der Waals surface area contributed by atoms with Crippen molar-refractivity contribution in [2.24, 2.45) is 0 Å². The van der Waals surface area contributed by atoms with Crippen LogP contribution in [0.25, 0.3) is 11.1 Å². The van der Waals surface area contributed by atoms with Gasteiger partial charge in [-0.05, 0) is 23.3 Å². The van der Waals surface area contributed by atoms with Crippen LogP contribution in [0.5, 0.6) is 0 Å². The SMILES string of the molecule is Fc1ccc(-c2cccc(CBr)c2)c(F)c1. The van der Waals surface area contributed by atoms with E-state index in [1.54, 1.807) is 0 Å². The maximum absolute atomic E-state index is 13.5. The van der Waals surface area contributed by atoms with Crippen LogP contribution in [0.2, 0.25) is 0 Å². The highest BCUT2D eigenvalue weighted by Crippen LogP contribution is 2.24. The largest absolute Gasteiger partial charge is 0.207 e. The lowest BCUT2D eigenvalue weighted by atomic mass is 10.0. The van der Waals surface area contributed by atoms with Crippen molar-refractivity contribution in [2.45, 2.75) is 5.33 Å². The number of hydrogen-bond donors (Lipinski definition) is 0. The highest BCUT2D eigenvalue weighted by Gasteiger charge is 2.06. The van der Waals surface area contributed by atoms with Crippen LogP contribution in [0.15, 0.2) is 42.5 Å². The molecule has 0 aliphatic heterocycles. The highest BCUT2D eigenvalue weighted by atomic mass is 79.9. The molecule has 82 valence electrons. The van der Waals surface area contributed by atoms with Crippen molar-refractivity contribution in [3.05, 3.63) is 59.7 Å². The first kappa shape index (κ1) is 11.3. The lowest BCUT2D eigenvalue weighted by molar-refractivity contribution is 0.585. The van der Waals surface area contributed by atoms with E-state index in [4.69, 9.17) is 0 Å². The van der Waals surface area contributed by atoms with Crippen LogP contribution in [0, 0.1) is 11.6 Å². The molecule has 0 nitrogen and oxygen atoms in total. The van der Waals surface area contributed by atoms with E-state index in [1.807, 2.05) is 24.3 Å². The van der Waals surface area contributed by atoms with Gasteiger partial charge in [0.2, 0.25) is 0 Å². The molecule has 0 spiro atoms. The minimum Gasteiger partial charge on any atom is -0.207 e. The Labute approximate surface area is 101 Å². The van der Waals surface area contributed by atoms with Gasteiger partial charge in [0.25, 0.3) is 0 Å². The summed E-state index contributed by atoms with van der Waals surface area (Å²) in [4.78, 5) is 0. The third kappa shape index (κ3) is 2.30.